The Balaban J connectivity index is 1.57. The highest BCUT2D eigenvalue weighted by molar-refractivity contribution is 5.47. The molecule has 8 nitrogen and oxygen atoms in total. The Kier molecular flexibility index (Phi) is 5.18. The van der Waals surface area contributed by atoms with Crippen molar-refractivity contribution < 1.29 is 5.11 Å². The van der Waals surface area contributed by atoms with Crippen LogP contribution in [-0.2, 0) is 38.8 Å². The average molecular weight is 390 g/mol. The second kappa shape index (κ2) is 7.92. The topological polar surface area (TPSA) is 76.6 Å². The molecular weight excluding hydrogens is 366 g/mol. The first-order chi connectivity index (χ1) is 14.0. The number of nitrogens with zero attached hydrogens (tertiary/aromatic N) is 7. The van der Waals surface area contributed by atoms with E-state index in [0.717, 1.165) is 22.9 Å². The molecule has 0 atom stereocenters. The van der Waals surface area contributed by atoms with Gasteiger partial charge in [-0.3, -0.25) is 10.0 Å². The summed E-state index contributed by atoms with van der Waals surface area (Å²) in [6, 6.07) is 5.30. The normalized spacial score (nSPS) is 11.4. The van der Waals surface area contributed by atoms with Gasteiger partial charge in [-0.2, -0.15) is 0 Å². The first-order valence-corrected chi connectivity index (χ1v) is 9.45. The minimum absolute atomic E-state index is 0.0163. The lowest BCUT2D eigenvalue weighted by atomic mass is 10.2. The first-order valence-electron chi connectivity index (χ1n) is 9.45. The Hall–Kier alpha value is -3.39. The van der Waals surface area contributed by atoms with Gasteiger partial charge in [-0.05, 0) is 24.6 Å². The maximum absolute atomic E-state index is 12.2. The van der Waals surface area contributed by atoms with E-state index in [0.29, 0.717) is 25.3 Å². The van der Waals surface area contributed by atoms with Gasteiger partial charge in [-0.15, -0.1) is 0 Å². The van der Waals surface area contributed by atoms with Crippen LogP contribution in [0.5, 0.6) is 5.75 Å². The van der Waals surface area contributed by atoms with Gasteiger partial charge in [-0.1, -0.05) is 6.07 Å². The van der Waals surface area contributed by atoms with Gasteiger partial charge >= 0.3 is 0 Å². The average Bonchev–Trinajstić information content (AvgIpc) is 3.41. The number of imidazole rings is 3. The van der Waals surface area contributed by atoms with Crippen molar-refractivity contribution in [3.8, 4) is 11.4 Å². The summed E-state index contributed by atoms with van der Waals surface area (Å²) in [4.78, 5) is 15.7. The standard InChI is InChI=1S/C21H24N7O/c1-16-4-5-19(29)18(10-16)28-12-17(24-15-28)11-27(13-20-22-6-8-25(20)2)14-21-23-7-9-26(21)3/h4-10,12,15H,11,13-14H2,1-3H3. The van der Waals surface area contributed by atoms with Crippen molar-refractivity contribution >= 4 is 0 Å². The zero-order valence-electron chi connectivity index (χ0n) is 16.9. The maximum Gasteiger partial charge on any atom is 0.202 e. The first kappa shape index (κ1) is 18.9. The maximum atomic E-state index is 12.2. The van der Waals surface area contributed by atoms with Crippen LogP contribution >= 0.6 is 0 Å². The number of aromatic nitrogens is 6. The van der Waals surface area contributed by atoms with Crippen molar-refractivity contribution in [2.75, 3.05) is 0 Å². The molecule has 4 aromatic rings. The number of rotatable bonds is 7. The van der Waals surface area contributed by atoms with Crippen LogP contribution < -0.4 is 0 Å². The summed E-state index contributed by atoms with van der Waals surface area (Å²) in [6.45, 7) is 3.93. The second-order valence-corrected chi connectivity index (χ2v) is 7.30. The van der Waals surface area contributed by atoms with Crippen LogP contribution in [0.1, 0.15) is 22.9 Å². The molecule has 4 rings (SSSR count). The van der Waals surface area contributed by atoms with Gasteiger partial charge in [0.15, 0.2) is 0 Å². The molecule has 0 saturated heterocycles. The lowest BCUT2D eigenvalue weighted by Gasteiger charge is -2.20. The van der Waals surface area contributed by atoms with Crippen LogP contribution in [-0.4, -0.2) is 33.6 Å². The summed E-state index contributed by atoms with van der Waals surface area (Å²) < 4.78 is 5.82. The number of hydrogen-bond acceptors (Lipinski definition) is 4. The Bertz CT molecular complexity index is 1070. The van der Waals surface area contributed by atoms with Gasteiger partial charge in [0, 0.05) is 51.6 Å². The summed E-state index contributed by atoms with van der Waals surface area (Å²) in [5.41, 5.74) is 2.54. The van der Waals surface area contributed by atoms with Crippen molar-refractivity contribution in [1.82, 2.24) is 33.6 Å². The van der Waals surface area contributed by atoms with Gasteiger partial charge in [-0.25, -0.2) is 15.0 Å². The third-order valence-corrected chi connectivity index (χ3v) is 4.99. The predicted octanol–water partition coefficient (Wildman–Crippen LogP) is 2.99. The lowest BCUT2D eigenvalue weighted by molar-refractivity contribution is 0.228. The molecule has 3 aromatic heterocycles. The van der Waals surface area contributed by atoms with E-state index in [9.17, 15) is 5.11 Å². The Morgan fingerprint density at radius 2 is 1.59 bits per heavy atom. The largest absolute Gasteiger partial charge is 0.337 e. The van der Waals surface area contributed by atoms with Gasteiger partial charge in [0.05, 0.1) is 30.8 Å². The van der Waals surface area contributed by atoms with Crippen LogP contribution in [0.15, 0.2) is 55.5 Å². The molecule has 0 aliphatic carbocycles. The van der Waals surface area contributed by atoms with Crippen LogP contribution in [0, 0.1) is 6.92 Å². The molecule has 0 aliphatic rings. The van der Waals surface area contributed by atoms with E-state index in [2.05, 4.69) is 19.9 Å². The molecule has 3 heterocycles. The SMILES string of the molecule is Cc1ccc([O])c(-n2cnc(CN(Cc3nccn3C)Cc3nccn3C)c2)c1. The van der Waals surface area contributed by atoms with E-state index in [4.69, 9.17) is 0 Å². The van der Waals surface area contributed by atoms with Gasteiger partial charge in [0.1, 0.15) is 11.6 Å². The molecule has 0 N–H and O–H groups in total. The Morgan fingerprint density at radius 1 is 0.931 bits per heavy atom. The van der Waals surface area contributed by atoms with Crippen LogP contribution in [0.3, 0.4) is 0 Å². The van der Waals surface area contributed by atoms with E-state index in [1.54, 1.807) is 29.4 Å². The molecule has 0 saturated carbocycles. The highest BCUT2D eigenvalue weighted by Crippen LogP contribution is 2.24. The number of benzene rings is 1. The highest BCUT2D eigenvalue weighted by Gasteiger charge is 2.15. The van der Waals surface area contributed by atoms with Crippen molar-refractivity contribution in [3.05, 3.63) is 78.4 Å². The van der Waals surface area contributed by atoms with Crippen molar-refractivity contribution in [2.45, 2.75) is 26.6 Å². The number of aryl methyl sites for hydroxylation is 3. The molecule has 0 aliphatic heterocycles. The van der Waals surface area contributed by atoms with Crippen molar-refractivity contribution in [1.29, 1.82) is 0 Å². The van der Waals surface area contributed by atoms with Crippen molar-refractivity contribution in [2.24, 2.45) is 14.1 Å². The molecule has 29 heavy (non-hydrogen) atoms. The molecule has 1 aromatic carbocycles. The molecule has 0 unspecified atom stereocenters. The Morgan fingerprint density at radius 3 is 2.17 bits per heavy atom. The van der Waals surface area contributed by atoms with Gasteiger partial charge in [0.25, 0.3) is 0 Å². The van der Waals surface area contributed by atoms with Crippen LogP contribution in [0.25, 0.3) is 5.69 Å². The Labute approximate surface area is 169 Å². The van der Waals surface area contributed by atoms with E-state index in [1.165, 1.54) is 0 Å². The fourth-order valence-corrected chi connectivity index (χ4v) is 3.30. The van der Waals surface area contributed by atoms with Crippen molar-refractivity contribution in [3.63, 3.8) is 0 Å². The summed E-state index contributed by atoms with van der Waals surface area (Å²) in [5.74, 6) is 1.93. The fraction of sp³-hybridized carbons (Fsp3) is 0.286. The lowest BCUT2D eigenvalue weighted by Crippen LogP contribution is -2.25. The summed E-state index contributed by atoms with van der Waals surface area (Å²) in [7, 11) is 3.98. The third kappa shape index (κ3) is 4.22. The molecule has 0 fully saturated rings. The summed E-state index contributed by atoms with van der Waals surface area (Å²) in [5, 5.41) is 12.2. The molecule has 0 spiro atoms. The molecule has 0 amide bonds. The summed E-state index contributed by atoms with van der Waals surface area (Å²) >= 11 is 0. The van der Waals surface area contributed by atoms with E-state index < -0.39 is 0 Å². The predicted molar refractivity (Wildman–Crippen MR) is 108 cm³/mol. The minimum atomic E-state index is -0.0163. The smallest absolute Gasteiger partial charge is 0.202 e. The molecule has 149 valence electrons. The zero-order chi connectivity index (χ0) is 20.4. The van der Waals surface area contributed by atoms with Gasteiger partial charge < -0.3 is 13.7 Å². The molecule has 8 heteroatoms. The van der Waals surface area contributed by atoms with E-state index in [-0.39, 0.29) is 5.75 Å². The molecular formula is C21H24N7O. The summed E-state index contributed by atoms with van der Waals surface area (Å²) in [6.07, 6.45) is 11.1. The minimum Gasteiger partial charge on any atom is -0.337 e. The second-order valence-electron chi connectivity index (χ2n) is 7.30. The number of hydrogen-bond donors (Lipinski definition) is 0. The van der Waals surface area contributed by atoms with Gasteiger partial charge in [0.2, 0.25) is 5.75 Å². The monoisotopic (exact) mass is 390 g/mol. The van der Waals surface area contributed by atoms with Crippen LogP contribution in [0.4, 0.5) is 0 Å². The quantitative estimate of drug-likeness (QED) is 0.486. The fourth-order valence-electron chi connectivity index (χ4n) is 3.30. The molecule has 0 bridgehead atoms. The van der Waals surface area contributed by atoms with Crippen LogP contribution in [0.2, 0.25) is 0 Å². The zero-order valence-corrected chi connectivity index (χ0v) is 16.9. The highest BCUT2D eigenvalue weighted by atomic mass is 16.3. The molecule has 1 radical (unpaired) electrons. The third-order valence-electron chi connectivity index (χ3n) is 4.99. The van der Waals surface area contributed by atoms with E-state index in [1.807, 2.05) is 60.9 Å². The van der Waals surface area contributed by atoms with E-state index >= 15 is 0 Å².